The van der Waals surface area contributed by atoms with Crippen molar-refractivity contribution in [2.75, 3.05) is 13.2 Å². The Morgan fingerprint density at radius 1 is 1.12 bits per heavy atom. The fourth-order valence-corrected chi connectivity index (χ4v) is 2.80. The predicted molar refractivity (Wildman–Crippen MR) is 98.2 cm³/mol. The molecule has 25 heavy (non-hydrogen) atoms. The molecule has 0 amide bonds. The Balaban J connectivity index is 1.68. The second-order valence-corrected chi connectivity index (χ2v) is 6.00. The van der Waals surface area contributed by atoms with E-state index in [1.165, 1.54) is 18.6 Å². The van der Waals surface area contributed by atoms with Gasteiger partial charge in [-0.25, -0.2) is 9.37 Å². The van der Waals surface area contributed by atoms with Crippen molar-refractivity contribution >= 4 is 11.0 Å². The minimum Gasteiger partial charge on any atom is -0.492 e. The second kappa shape index (κ2) is 8.62. The normalized spacial score (nSPS) is 11.1. The number of hydrogen-bond donors (Lipinski definition) is 1. The van der Waals surface area contributed by atoms with Crippen molar-refractivity contribution in [3.63, 3.8) is 0 Å². The summed E-state index contributed by atoms with van der Waals surface area (Å²) in [6, 6.07) is 14.2. The maximum absolute atomic E-state index is 13.0. The first kappa shape index (κ1) is 17.4. The van der Waals surface area contributed by atoms with Crippen molar-refractivity contribution in [1.29, 1.82) is 0 Å². The molecule has 1 N–H and O–H groups in total. The highest BCUT2D eigenvalue weighted by Gasteiger charge is 2.10. The molecule has 3 aromatic rings. The molecular formula is C20H24FN3O. The second-order valence-electron chi connectivity index (χ2n) is 6.00. The van der Waals surface area contributed by atoms with Gasteiger partial charge in [0.2, 0.25) is 0 Å². The molecule has 0 atom stereocenters. The number of para-hydroxylation sites is 2. The van der Waals surface area contributed by atoms with Crippen LogP contribution < -0.4 is 10.1 Å². The van der Waals surface area contributed by atoms with Crippen LogP contribution in [0.2, 0.25) is 0 Å². The highest BCUT2D eigenvalue weighted by molar-refractivity contribution is 5.75. The van der Waals surface area contributed by atoms with Crippen LogP contribution in [0.4, 0.5) is 4.39 Å². The number of nitrogens with one attached hydrogen (secondary N) is 1. The minimum atomic E-state index is -0.256. The van der Waals surface area contributed by atoms with Gasteiger partial charge in [0.1, 0.15) is 24.0 Å². The van der Waals surface area contributed by atoms with E-state index in [-0.39, 0.29) is 5.82 Å². The maximum atomic E-state index is 13.0. The highest BCUT2D eigenvalue weighted by atomic mass is 19.1. The number of fused-ring (bicyclic) bond motifs is 1. The molecule has 0 unspecified atom stereocenters. The van der Waals surface area contributed by atoms with Gasteiger partial charge in [-0.3, -0.25) is 0 Å². The number of rotatable bonds is 9. The summed E-state index contributed by atoms with van der Waals surface area (Å²) in [6.07, 6.45) is 2.34. The zero-order valence-electron chi connectivity index (χ0n) is 14.5. The van der Waals surface area contributed by atoms with Gasteiger partial charge in [-0.05, 0) is 49.4 Å². The monoisotopic (exact) mass is 341 g/mol. The van der Waals surface area contributed by atoms with Gasteiger partial charge < -0.3 is 14.6 Å². The van der Waals surface area contributed by atoms with E-state index >= 15 is 0 Å². The van der Waals surface area contributed by atoms with Crippen LogP contribution in [0, 0.1) is 5.82 Å². The Labute approximate surface area is 147 Å². The molecule has 1 heterocycles. The van der Waals surface area contributed by atoms with E-state index in [4.69, 9.17) is 9.72 Å². The van der Waals surface area contributed by atoms with Crippen LogP contribution in [-0.4, -0.2) is 22.7 Å². The summed E-state index contributed by atoms with van der Waals surface area (Å²) < 4.78 is 20.9. The summed E-state index contributed by atoms with van der Waals surface area (Å²) in [5.74, 6) is 1.43. The van der Waals surface area contributed by atoms with E-state index < -0.39 is 0 Å². The van der Waals surface area contributed by atoms with E-state index in [9.17, 15) is 4.39 Å². The van der Waals surface area contributed by atoms with Gasteiger partial charge >= 0.3 is 0 Å². The summed E-state index contributed by atoms with van der Waals surface area (Å²) >= 11 is 0. The number of halogens is 1. The van der Waals surface area contributed by atoms with Crippen LogP contribution >= 0.6 is 0 Å². The molecule has 0 saturated heterocycles. The van der Waals surface area contributed by atoms with E-state index in [1.807, 2.05) is 18.2 Å². The van der Waals surface area contributed by atoms with Gasteiger partial charge in [-0.15, -0.1) is 0 Å². The largest absolute Gasteiger partial charge is 0.492 e. The number of benzene rings is 2. The van der Waals surface area contributed by atoms with Gasteiger partial charge in [-0.2, -0.15) is 0 Å². The van der Waals surface area contributed by atoms with Crippen molar-refractivity contribution in [1.82, 2.24) is 14.9 Å². The summed E-state index contributed by atoms with van der Waals surface area (Å²) in [4.78, 5) is 4.74. The average molecular weight is 341 g/mol. The third kappa shape index (κ3) is 4.57. The summed E-state index contributed by atoms with van der Waals surface area (Å²) in [7, 11) is 0. The van der Waals surface area contributed by atoms with E-state index in [0.717, 1.165) is 36.4 Å². The number of aromatic nitrogens is 2. The lowest BCUT2D eigenvalue weighted by molar-refractivity contribution is 0.297. The van der Waals surface area contributed by atoms with Crippen LogP contribution in [0.3, 0.4) is 0 Å². The molecule has 0 fully saturated rings. The van der Waals surface area contributed by atoms with Crippen LogP contribution in [-0.2, 0) is 13.1 Å². The molecule has 0 radical (unpaired) electrons. The summed E-state index contributed by atoms with van der Waals surface area (Å²) in [5, 5.41) is 3.45. The van der Waals surface area contributed by atoms with Crippen molar-refractivity contribution in [3.8, 4) is 5.75 Å². The Morgan fingerprint density at radius 2 is 1.92 bits per heavy atom. The molecule has 4 nitrogen and oxygen atoms in total. The van der Waals surface area contributed by atoms with Crippen LogP contribution in [0.25, 0.3) is 11.0 Å². The first-order chi connectivity index (χ1) is 12.3. The summed E-state index contributed by atoms with van der Waals surface area (Å²) in [6.45, 7) is 5.12. The van der Waals surface area contributed by atoms with Crippen molar-refractivity contribution in [2.24, 2.45) is 0 Å². The molecule has 0 aliphatic heterocycles. The zero-order chi connectivity index (χ0) is 17.5. The number of ether oxygens (including phenoxy) is 1. The van der Waals surface area contributed by atoms with E-state index in [0.29, 0.717) is 18.9 Å². The standard InChI is InChI=1S/C20H24FN3O/c1-2-3-12-22-15-20-23-18-6-4-5-7-19(18)24(20)13-14-25-17-10-8-16(21)9-11-17/h4-11,22H,2-3,12-15H2,1H3. The minimum absolute atomic E-state index is 0.256. The SMILES string of the molecule is CCCCNCc1nc2ccccc2n1CCOc1ccc(F)cc1. The molecule has 0 spiro atoms. The predicted octanol–water partition coefficient (Wildman–Crippen LogP) is 4.14. The zero-order valence-corrected chi connectivity index (χ0v) is 14.5. The van der Waals surface area contributed by atoms with Crippen molar-refractivity contribution in [2.45, 2.75) is 32.9 Å². The molecule has 132 valence electrons. The van der Waals surface area contributed by atoms with Crippen molar-refractivity contribution in [3.05, 3.63) is 60.2 Å². The van der Waals surface area contributed by atoms with Crippen LogP contribution in [0.15, 0.2) is 48.5 Å². The average Bonchev–Trinajstić information content (AvgIpc) is 2.98. The number of unbranched alkanes of at least 4 members (excludes halogenated alkanes) is 1. The molecule has 3 rings (SSSR count). The first-order valence-electron chi connectivity index (χ1n) is 8.81. The number of hydrogen-bond acceptors (Lipinski definition) is 3. The van der Waals surface area contributed by atoms with E-state index in [1.54, 1.807) is 12.1 Å². The quantitative estimate of drug-likeness (QED) is 0.595. The highest BCUT2D eigenvalue weighted by Crippen LogP contribution is 2.17. The third-order valence-corrected chi connectivity index (χ3v) is 4.12. The fraction of sp³-hybridized carbons (Fsp3) is 0.350. The van der Waals surface area contributed by atoms with Gasteiger partial charge in [0.25, 0.3) is 0 Å². The third-order valence-electron chi connectivity index (χ3n) is 4.12. The summed E-state index contributed by atoms with van der Waals surface area (Å²) in [5.41, 5.74) is 2.11. The lowest BCUT2D eigenvalue weighted by atomic mass is 10.3. The molecule has 2 aromatic carbocycles. The molecule has 1 aromatic heterocycles. The Hall–Kier alpha value is -2.40. The maximum Gasteiger partial charge on any atom is 0.124 e. The van der Waals surface area contributed by atoms with Crippen molar-refractivity contribution < 1.29 is 9.13 Å². The van der Waals surface area contributed by atoms with Crippen LogP contribution in [0.1, 0.15) is 25.6 Å². The smallest absolute Gasteiger partial charge is 0.124 e. The first-order valence-corrected chi connectivity index (χ1v) is 8.81. The molecule has 0 aliphatic carbocycles. The lowest BCUT2D eigenvalue weighted by Crippen LogP contribution is -2.19. The number of imidazole rings is 1. The van der Waals surface area contributed by atoms with Gasteiger partial charge in [0, 0.05) is 0 Å². The Morgan fingerprint density at radius 3 is 2.72 bits per heavy atom. The Kier molecular flexibility index (Phi) is 6.01. The van der Waals surface area contributed by atoms with Gasteiger partial charge in [-0.1, -0.05) is 25.5 Å². The lowest BCUT2D eigenvalue weighted by Gasteiger charge is -2.11. The fourth-order valence-electron chi connectivity index (χ4n) is 2.80. The van der Waals surface area contributed by atoms with Gasteiger partial charge in [0.15, 0.2) is 0 Å². The van der Waals surface area contributed by atoms with Crippen LogP contribution in [0.5, 0.6) is 5.75 Å². The topological polar surface area (TPSA) is 39.1 Å². The Bertz CT molecular complexity index is 798. The van der Waals surface area contributed by atoms with E-state index in [2.05, 4.69) is 22.9 Å². The molecule has 0 aliphatic rings. The molecular weight excluding hydrogens is 317 g/mol. The molecule has 0 saturated carbocycles. The molecule has 5 heteroatoms. The molecule has 0 bridgehead atoms. The number of nitrogens with zero attached hydrogens (tertiary/aromatic N) is 2. The van der Waals surface area contributed by atoms with Gasteiger partial charge in [0.05, 0.1) is 24.1 Å².